The fourth-order valence-corrected chi connectivity index (χ4v) is 2.68. The summed E-state index contributed by atoms with van der Waals surface area (Å²) in [5, 5.41) is 0. The van der Waals surface area contributed by atoms with Gasteiger partial charge in [0.1, 0.15) is 5.75 Å². The Morgan fingerprint density at radius 3 is 2.56 bits per heavy atom. The Bertz CT molecular complexity index is 412. The van der Waals surface area contributed by atoms with Crippen molar-refractivity contribution in [1.82, 2.24) is 0 Å². The number of methoxy groups -OCH3 is 1. The summed E-state index contributed by atoms with van der Waals surface area (Å²) in [5.74, 6) is 2.64. The lowest BCUT2D eigenvalue weighted by atomic mass is 9.96. The van der Waals surface area contributed by atoms with Gasteiger partial charge in [-0.2, -0.15) is 0 Å². The van der Waals surface area contributed by atoms with Crippen LogP contribution in [-0.4, -0.2) is 13.4 Å². The molecule has 2 nitrogen and oxygen atoms in total. The van der Waals surface area contributed by atoms with Gasteiger partial charge in [0, 0.05) is 13.0 Å². The highest BCUT2D eigenvalue weighted by Crippen LogP contribution is 2.39. The lowest BCUT2D eigenvalue weighted by Gasteiger charge is -2.21. The van der Waals surface area contributed by atoms with E-state index in [2.05, 4.69) is 45.9 Å². The lowest BCUT2D eigenvalue weighted by molar-refractivity contribution is -0.0834. The van der Waals surface area contributed by atoms with E-state index in [0.717, 1.165) is 11.7 Å². The molecule has 0 N–H and O–H groups in total. The van der Waals surface area contributed by atoms with Crippen LogP contribution in [0, 0.1) is 11.8 Å². The maximum Gasteiger partial charge on any atom is 0.201 e. The molecule has 0 saturated carbocycles. The molecule has 18 heavy (non-hydrogen) atoms. The normalized spacial score (nSPS) is 24.1. The average Bonchev–Trinajstić information content (AvgIpc) is 2.62. The summed E-state index contributed by atoms with van der Waals surface area (Å²) in [6.07, 6.45) is 1.02. The number of hydrogen-bond donors (Lipinski definition) is 0. The minimum Gasteiger partial charge on any atom is -0.465 e. The van der Waals surface area contributed by atoms with E-state index in [1.807, 2.05) is 0 Å². The van der Waals surface area contributed by atoms with Crippen molar-refractivity contribution in [2.45, 2.75) is 46.3 Å². The Kier molecular flexibility index (Phi) is 3.96. The molecular formula is C16H24O2. The largest absolute Gasteiger partial charge is 0.465 e. The second kappa shape index (κ2) is 5.31. The third-order valence-corrected chi connectivity index (χ3v) is 4.03. The summed E-state index contributed by atoms with van der Waals surface area (Å²) in [7, 11) is 1.70. The van der Waals surface area contributed by atoms with Gasteiger partial charge < -0.3 is 9.47 Å². The molecule has 0 spiro atoms. The molecule has 0 aliphatic heterocycles. The summed E-state index contributed by atoms with van der Waals surface area (Å²) in [5.41, 5.74) is 2.92. The predicted molar refractivity (Wildman–Crippen MR) is 74.0 cm³/mol. The van der Waals surface area contributed by atoms with Gasteiger partial charge in [0.05, 0.1) is 0 Å². The molecule has 0 bridgehead atoms. The molecule has 0 heterocycles. The van der Waals surface area contributed by atoms with Crippen molar-refractivity contribution in [3.8, 4) is 5.75 Å². The lowest BCUT2D eigenvalue weighted by Crippen LogP contribution is -2.25. The third-order valence-electron chi connectivity index (χ3n) is 4.03. The molecule has 1 aliphatic carbocycles. The van der Waals surface area contributed by atoms with Crippen molar-refractivity contribution in [3.63, 3.8) is 0 Å². The highest BCUT2D eigenvalue weighted by atomic mass is 16.7. The number of rotatable bonds is 4. The van der Waals surface area contributed by atoms with Crippen LogP contribution in [0.3, 0.4) is 0 Å². The second-order valence-corrected chi connectivity index (χ2v) is 5.80. The van der Waals surface area contributed by atoms with E-state index in [-0.39, 0.29) is 6.29 Å². The standard InChI is InChI=1S/C16H24O2/c1-10(2)16(17-5)18-14-7-6-13-8-11(3)12(4)15(13)9-14/h6-7,9-12,16H,8H2,1-5H3. The number of hydrogen-bond acceptors (Lipinski definition) is 2. The summed E-state index contributed by atoms with van der Waals surface area (Å²) in [6.45, 7) is 8.83. The average molecular weight is 248 g/mol. The highest BCUT2D eigenvalue weighted by molar-refractivity contribution is 5.41. The number of ether oxygens (including phenoxy) is 2. The molecule has 0 radical (unpaired) electrons. The van der Waals surface area contributed by atoms with Gasteiger partial charge in [0.2, 0.25) is 6.29 Å². The van der Waals surface area contributed by atoms with E-state index >= 15 is 0 Å². The van der Waals surface area contributed by atoms with Crippen LogP contribution >= 0.6 is 0 Å². The van der Waals surface area contributed by atoms with Crippen LogP contribution in [0.5, 0.6) is 5.75 Å². The van der Waals surface area contributed by atoms with Crippen molar-refractivity contribution in [3.05, 3.63) is 29.3 Å². The molecule has 0 saturated heterocycles. The Morgan fingerprint density at radius 2 is 1.94 bits per heavy atom. The molecule has 2 heteroatoms. The Balaban J connectivity index is 2.17. The topological polar surface area (TPSA) is 18.5 Å². The molecule has 1 aromatic carbocycles. The van der Waals surface area contributed by atoms with Crippen LogP contribution in [0.4, 0.5) is 0 Å². The molecule has 2 rings (SSSR count). The quantitative estimate of drug-likeness (QED) is 0.750. The van der Waals surface area contributed by atoms with Crippen LogP contribution in [0.2, 0.25) is 0 Å². The van der Waals surface area contributed by atoms with Crippen molar-refractivity contribution < 1.29 is 9.47 Å². The van der Waals surface area contributed by atoms with E-state index in [9.17, 15) is 0 Å². The van der Waals surface area contributed by atoms with E-state index in [1.165, 1.54) is 17.5 Å². The van der Waals surface area contributed by atoms with Crippen molar-refractivity contribution in [2.75, 3.05) is 7.11 Å². The van der Waals surface area contributed by atoms with Crippen molar-refractivity contribution in [2.24, 2.45) is 11.8 Å². The zero-order valence-corrected chi connectivity index (χ0v) is 12.1. The maximum absolute atomic E-state index is 5.91. The predicted octanol–water partition coefficient (Wildman–Crippen LogP) is 3.99. The van der Waals surface area contributed by atoms with Gasteiger partial charge in [0.25, 0.3) is 0 Å². The molecule has 0 amide bonds. The first kappa shape index (κ1) is 13.4. The van der Waals surface area contributed by atoms with E-state index in [0.29, 0.717) is 11.8 Å². The first-order valence-corrected chi connectivity index (χ1v) is 6.85. The zero-order chi connectivity index (χ0) is 13.3. The summed E-state index contributed by atoms with van der Waals surface area (Å²) >= 11 is 0. The van der Waals surface area contributed by atoms with Gasteiger partial charge in [0.15, 0.2) is 0 Å². The fraction of sp³-hybridized carbons (Fsp3) is 0.625. The fourth-order valence-electron chi connectivity index (χ4n) is 2.68. The summed E-state index contributed by atoms with van der Waals surface area (Å²) in [4.78, 5) is 0. The van der Waals surface area contributed by atoms with Crippen molar-refractivity contribution in [1.29, 1.82) is 0 Å². The highest BCUT2D eigenvalue weighted by Gasteiger charge is 2.26. The van der Waals surface area contributed by atoms with Crippen LogP contribution in [0.15, 0.2) is 18.2 Å². The third kappa shape index (κ3) is 2.54. The Hall–Kier alpha value is -1.02. The first-order chi connectivity index (χ1) is 8.52. The number of fused-ring (bicyclic) bond motifs is 1. The molecule has 3 atom stereocenters. The molecule has 100 valence electrons. The smallest absolute Gasteiger partial charge is 0.201 e. The van der Waals surface area contributed by atoms with Crippen LogP contribution in [-0.2, 0) is 11.2 Å². The molecule has 0 fully saturated rings. The minimum absolute atomic E-state index is 0.169. The zero-order valence-electron chi connectivity index (χ0n) is 12.1. The van der Waals surface area contributed by atoms with Gasteiger partial charge in [-0.3, -0.25) is 0 Å². The van der Waals surface area contributed by atoms with Crippen LogP contribution in [0.25, 0.3) is 0 Å². The SMILES string of the molecule is COC(Oc1ccc2c(c1)C(C)C(C)C2)C(C)C. The van der Waals surface area contributed by atoms with Crippen LogP contribution < -0.4 is 4.74 Å². The van der Waals surface area contributed by atoms with Gasteiger partial charge >= 0.3 is 0 Å². The first-order valence-electron chi connectivity index (χ1n) is 6.85. The molecule has 1 aliphatic rings. The maximum atomic E-state index is 5.91. The Labute approximate surface area is 110 Å². The van der Waals surface area contributed by atoms with E-state index in [4.69, 9.17) is 9.47 Å². The molecule has 3 unspecified atom stereocenters. The summed E-state index contributed by atoms with van der Waals surface area (Å²) < 4.78 is 11.3. The van der Waals surface area contributed by atoms with Gasteiger partial charge in [-0.15, -0.1) is 0 Å². The Morgan fingerprint density at radius 1 is 1.22 bits per heavy atom. The monoisotopic (exact) mass is 248 g/mol. The summed E-state index contributed by atoms with van der Waals surface area (Å²) in [6, 6.07) is 6.47. The van der Waals surface area contributed by atoms with Gasteiger partial charge in [-0.1, -0.05) is 33.8 Å². The van der Waals surface area contributed by atoms with Crippen molar-refractivity contribution >= 4 is 0 Å². The van der Waals surface area contributed by atoms with E-state index < -0.39 is 0 Å². The number of benzene rings is 1. The molecule has 1 aromatic rings. The van der Waals surface area contributed by atoms with Gasteiger partial charge in [-0.05, 0) is 41.5 Å². The van der Waals surface area contributed by atoms with E-state index in [1.54, 1.807) is 7.11 Å². The molecule has 0 aromatic heterocycles. The van der Waals surface area contributed by atoms with Gasteiger partial charge in [-0.25, -0.2) is 0 Å². The molecular weight excluding hydrogens is 224 g/mol. The van der Waals surface area contributed by atoms with Crippen LogP contribution in [0.1, 0.15) is 44.7 Å². The minimum atomic E-state index is -0.169. The second-order valence-electron chi connectivity index (χ2n) is 5.80.